The van der Waals surface area contributed by atoms with Crippen molar-refractivity contribution in [3.05, 3.63) is 23.2 Å². The zero-order chi connectivity index (χ0) is 13.2. The van der Waals surface area contributed by atoms with Gasteiger partial charge < -0.3 is 15.0 Å². The van der Waals surface area contributed by atoms with Crippen molar-refractivity contribution in [3.63, 3.8) is 0 Å². The van der Waals surface area contributed by atoms with Crippen molar-refractivity contribution < 1.29 is 9.53 Å². The van der Waals surface area contributed by atoms with Crippen molar-refractivity contribution in [1.29, 1.82) is 0 Å². The molecule has 2 aliphatic rings. The predicted molar refractivity (Wildman–Crippen MR) is 75.8 cm³/mol. The molecular formula is C14H17ClN2O2. The number of hydrogen-bond donors (Lipinski definition) is 1. The van der Waals surface area contributed by atoms with Crippen LogP contribution in [0.2, 0.25) is 5.02 Å². The van der Waals surface area contributed by atoms with Gasteiger partial charge in [-0.25, -0.2) is 0 Å². The van der Waals surface area contributed by atoms with E-state index in [2.05, 4.69) is 10.2 Å². The van der Waals surface area contributed by atoms with Gasteiger partial charge in [-0.1, -0.05) is 11.6 Å². The molecule has 1 aromatic carbocycles. The summed E-state index contributed by atoms with van der Waals surface area (Å²) in [4.78, 5) is 14.1. The highest BCUT2D eigenvalue weighted by Crippen LogP contribution is 2.33. The zero-order valence-corrected chi connectivity index (χ0v) is 11.4. The molecule has 1 N–H and O–H groups in total. The first-order chi connectivity index (χ1) is 9.24. The minimum absolute atomic E-state index is 0.0843. The fourth-order valence-corrected chi connectivity index (χ4v) is 2.37. The summed E-state index contributed by atoms with van der Waals surface area (Å²) in [5, 5.41) is 3.51. The number of amides is 1. The number of carbonyl (C=O) groups is 1. The Morgan fingerprint density at radius 2 is 2.05 bits per heavy atom. The Bertz CT molecular complexity index is 482. The molecule has 0 spiro atoms. The van der Waals surface area contributed by atoms with Gasteiger partial charge in [0.15, 0.2) is 0 Å². The molecule has 0 atom stereocenters. The molecule has 1 amide bonds. The maximum Gasteiger partial charge on any atom is 0.227 e. The maximum atomic E-state index is 11.8. The van der Waals surface area contributed by atoms with Crippen molar-refractivity contribution in [2.45, 2.75) is 12.8 Å². The Balaban J connectivity index is 1.76. The topological polar surface area (TPSA) is 41.6 Å². The number of carbonyl (C=O) groups excluding carboxylic acids is 1. The molecule has 0 aromatic heterocycles. The standard InChI is InChI=1S/C14H17ClN2O2/c15-12-4-3-11(17-5-7-19-8-6-17)9-13(12)16-14(18)10-1-2-10/h3-4,9-10H,1-2,5-8H2,(H,16,18). The summed E-state index contributed by atoms with van der Waals surface area (Å²) in [5.74, 6) is 0.268. The van der Waals surface area contributed by atoms with Crippen LogP contribution in [0.25, 0.3) is 0 Å². The van der Waals surface area contributed by atoms with E-state index in [0.717, 1.165) is 44.8 Å². The van der Waals surface area contributed by atoms with E-state index < -0.39 is 0 Å². The molecule has 1 heterocycles. The molecular weight excluding hydrogens is 264 g/mol. The molecule has 0 unspecified atom stereocenters. The van der Waals surface area contributed by atoms with E-state index in [1.54, 1.807) is 0 Å². The van der Waals surface area contributed by atoms with Crippen LogP contribution in [0, 0.1) is 5.92 Å². The van der Waals surface area contributed by atoms with Crippen LogP contribution in [0.1, 0.15) is 12.8 Å². The Morgan fingerprint density at radius 3 is 2.74 bits per heavy atom. The van der Waals surface area contributed by atoms with Gasteiger partial charge in [-0.15, -0.1) is 0 Å². The monoisotopic (exact) mass is 280 g/mol. The second kappa shape index (κ2) is 5.39. The first-order valence-corrected chi connectivity index (χ1v) is 7.05. The van der Waals surface area contributed by atoms with Gasteiger partial charge in [0, 0.05) is 24.7 Å². The fourth-order valence-electron chi connectivity index (χ4n) is 2.21. The molecule has 5 heteroatoms. The molecule has 2 fully saturated rings. The number of ether oxygens (including phenoxy) is 1. The fraction of sp³-hybridized carbons (Fsp3) is 0.500. The molecule has 1 saturated heterocycles. The van der Waals surface area contributed by atoms with Crippen LogP contribution >= 0.6 is 11.6 Å². The molecule has 0 bridgehead atoms. The minimum atomic E-state index is 0.0843. The Morgan fingerprint density at radius 1 is 1.32 bits per heavy atom. The second-order valence-electron chi connectivity index (χ2n) is 5.03. The predicted octanol–water partition coefficient (Wildman–Crippen LogP) is 2.53. The minimum Gasteiger partial charge on any atom is -0.378 e. The normalized spacial score (nSPS) is 19.3. The molecule has 1 saturated carbocycles. The first-order valence-electron chi connectivity index (χ1n) is 6.67. The van der Waals surface area contributed by atoms with Crippen LogP contribution in [0.15, 0.2) is 18.2 Å². The quantitative estimate of drug-likeness (QED) is 0.925. The van der Waals surface area contributed by atoms with Crippen molar-refractivity contribution in [2.24, 2.45) is 5.92 Å². The van der Waals surface area contributed by atoms with Gasteiger partial charge in [0.25, 0.3) is 0 Å². The molecule has 1 aliphatic carbocycles. The van der Waals surface area contributed by atoms with E-state index in [1.807, 2.05) is 18.2 Å². The largest absolute Gasteiger partial charge is 0.378 e. The molecule has 19 heavy (non-hydrogen) atoms. The lowest BCUT2D eigenvalue weighted by Gasteiger charge is -2.29. The lowest BCUT2D eigenvalue weighted by Crippen LogP contribution is -2.36. The average molecular weight is 281 g/mol. The Kier molecular flexibility index (Phi) is 3.62. The third kappa shape index (κ3) is 3.01. The van der Waals surface area contributed by atoms with Gasteiger partial charge in [-0.2, -0.15) is 0 Å². The van der Waals surface area contributed by atoms with Crippen LogP contribution in [0.5, 0.6) is 0 Å². The summed E-state index contributed by atoms with van der Waals surface area (Å²) in [6, 6.07) is 5.78. The number of hydrogen-bond acceptors (Lipinski definition) is 3. The molecule has 1 aliphatic heterocycles. The van der Waals surface area contributed by atoms with Gasteiger partial charge in [0.1, 0.15) is 0 Å². The summed E-state index contributed by atoms with van der Waals surface area (Å²) >= 11 is 6.15. The molecule has 0 radical (unpaired) electrons. The lowest BCUT2D eigenvalue weighted by molar-refractivity contribution is -0.117. The average Bonchev–Trinajstić information content (AvgIpc) is 3.27. The summed E-state index contributed by atoms with van der Waals surface area (Å²) in [7, 11) is 0. The van der Waals surface area contributed by atoms with Crippen LogP contribution in [-0.2, 0) is 9.53 Å². The zero-order valence-electron chi connectivity index (χ0n) is 10.7. The van der Waals surface area contributed by atoms with Gasteiger partial charge in [0.2, 0.25) is 5.91 Å². The highest BCUT2D eigenvalue weighted by Gasteiger charge is 2.30. The second-order valence-corrected chi connectivity index (χ2v) is 5.43. The van der Waals surface area contributed by atoms with E-state index in [0.29, 0.717) is 10.7 Å². The SMILES string of the molecule is O=C(Nc1cc(N2CCOCC2)ccc1Cl)C1CC1. The van der Waals surface area contributed by atoms with Crippen molar-refractivity contribution in [3.8, 4) is 0 Å². The van der Waals surface area contributed by atoms with Crippen LogP contribution in [0.3, 0.4) is 0 Å². The highest BCUT2D eigenvalue weighted by atomic mass is 35.5. The van der Waals surface area contributed by atoms with Crippen molar-refractivity contribution in [2.75, 3.05) is 36.5 Å². The Hall–Kier alpha value is -1.26. The molecule has 1 aromatic rings. The summed E-state index contributed by atoms with van der Waals surface area (Å²) in [5.41, 5.74) is 1.79. The smallest absolute Gasteiger partial charge is 0.227 e. The van der Waals surface area contributed by atoms with Crippen LogP contribution in [0.4, 0.5) is 11.4 Å². The third-order valence-corrected chi connectivity index (χ3v) is 3.86. The number of nitrogens with zero attached hydrogens (tertiary/aromatic N) is 1. The number of halogens is 1. The summed E-state index contributed by atoms with van der Waals surface area (Å²) in [6.07, 6.45) is 1.99. The van der Waals surface area contributed by atoms with E-state index in [4.69, 9.17) is 16.3 Å². The van der Waals surface area contributed by atoms with Crippen molar-refractivity contribution in [1.82, 2.24) is 0 Å². The molecule has 102 valence electrons. The summed E-state index contributed by atoms with van der Waals surface area (Å²) in [6.45, 7) is 3.23. The van der Waals surface area contributed by atoms with Crippen LogP contribution in [-0.4, -0.2) is 32.2 Å². The van der Waals surface area contributed by atoms with Crippen molar-refractivity contribution >= 4 is 28.9 Å². The number of nitrogens with one attached hydrogen (secondary N) is 1. The summed E-state index contributed by atoms with van der Waals surface area (Å²) < 4.78 is 5.34. The number of benzene rings is 1. The number of morpholine rings is 1. The lowest BCUT2D eigenvalue weighted by atomic mass is 10.2. The van der Waals surface area contributed by atoms with E-state index >= 15 is 0 Å². The van der Waals surface area contributed by atoms with E-state index in [9.17, 15) is 4.79 Å². The first kappa shape index (κ1) is 12.8. The van der Waals surface area contributed by atoms with Gasteiger partial charge >= 0.3 is 0 Å². The number of rotatable bonds is 3. The maximum absolute atomic E-state index is 11.8. The van der Waals surface area contributed by atoms with E-state index in [-0.39, 0.29) is 11.8 Å². The van der Waals surface area contributed by atoms with Gasteiger partial charge in [-0.05, 0) is 31.0 Å². The van der Waals surface area contributed by atoms with E-state index in [1.165, 1.54) is 0 Å². The van der Waals surface area contributed by atoms with Gasteiger partial charge in [-0.3, -0.25) is 4.79 Å². The Labute approximate surface area is 117 Å². The molecule has 3 rings (SSSR count). The highest BCUT2D eigenvalue weighted by molar-refractivity contribution is 6.33. The van der Waals surface area contributed by atoms with Gasteiger partial charge in [0.05, 0.1) is 23.9 Å². The molecule has 4 nitrogen and oxygen atoms in total. The van der Waals surface area contributed by atoms with Crippen LogP contribution < -0.4 is 10.2 Å². The number of anilines is 2. The third-order valence-electron chi connectivity index (χ3n) is 3.53.